The van der Waals surface area contributed by atoms with Gasteiger partial charge in [0.15, 0.2) is 6.10 Å². The number of carbonyl (C=O) groups is 3. The molecule has 1 saturated heterocycles. The minimum Gasteiger partial charge on any atom is -0.378 e. The van der Waals surface area contributed by atoms with Gasteiger partial charge in [0.1, 0.15) is 27.6 Å². The summed E-state index contributed by atoms with van der Waals surface area (Å²) in [5.74, 6) is -0.661. The molecule has 0 unspecified atom stereocenters. The van der Waals surface area contributed by atoms with Crippen molar-refractivity contribution in [2.45, 2.75) is 17.5 Å². The summed E-state index contributed by atoms with van der Waals surface area (Å²) in [4.78, 5) is 38.5. The molecule has 8 nitrogen and oxygen atoms in total. The number of aliphatic hydroxyl groups excluding tert-OH is 1. The SMILES string of the molecule is O=C(S)C1=C(c2nncs2)CS[C@@H]2[C@H](NC(=O)[C@@H](O)c3ccccc3)C(=O)N12. The predicted octanol–water partition coefficient (Wildman–Crippen LogP) is 0.839. The number of fused-ring (bicyclic) bond motifs is 1. The summed E-state index contributed by atoms with van der Waals surface area (Å²) in [6, 6.07) is 7.63. The lowest BCUT2D eigenvalue weighted by Gasteiger charge is -2.49. The van der Waals surface area contributed by atoms with E-state index >= 15 is 0 Å². The van der Waals surface area contributed by atoms with E-state index in [0.717, 1.165) is 0 Å². The summed E-state index contributed by atoms with van der Waals surface area (Å²) in [7, 11) is 0. The molecule has 1 fully saturated rings. The van der Waals surface area contributed by atoms with Gasteiger partial charge in [-0.1, -0.05) is 43.0 Å². The highest BCUT2D eigenvalue weighted by Crippen LogP contribution is 2.44. The summed E-state index contributed by atoms with van der Waals surface area (Å²) in [6.07, 6.45) is -1.38. The molecule has 1 aromatic heterocycles. The van der Waals surface area contributed by atoms with Crippen molar-refractivity contribution in [3.8, 4) is 0 Å². The molecule has 2 aromatic rings. The Bertz CT molecular complexity index is 964. The number of aromatic nitrogens is 2. The van der Waals surface area contributed by atoms with Crippen LogP contribution in [0.15, 0.2) is 41.5 Å². The number of amides is 2. The fraction of sp³-hybridized carbons (Fsp3) is 0.235. The van der Waals surface area contributed by atoms with E-state index in [9.17, 15) is 19.5 Å². The average Bonchev–Trinajstić information content (AvgIpc) is 3.25. The van der Waals surface area contributed by atoms with Crippen LogP contribution >= 0.6 is 35.7 Å². The van der Waals surface area contributed by atoms with E-state index in [0.29, 0.717) is 21.9 Å². The lowest BCUT2D eigenvalue weighted by atomic mass is 10.0. The smallest absolute Gasteiger partial charge is 0.254 e. The van der Waals surface area contributed by atoms with E-state index in [1.165, 1.54) is 28.0 Å². The Hall–Kier alpha value is -2.21. The van der Waals surface area contributed by atoms with Crippen molar-refractivity contribution < 1.29 is 19.5 Å². The number of nitrogens with zero attached hydrogens (tertiary/aromatic N) is 3. The average molecular weight is 435 g/mol. The zero-order valence-corrected chi connectivity index (χ0v) is 16.7. The van der Waals surface area contributed by atoms with Crippen LogP contribution in [0.4, 0.5) is 0 Å². The van der Waals surface area contributed by atoms with Crippen molar-refractivity contribution in [3.05, 3.63) is 52.1 Å². The Morgan fingerprint density at radius 3 is 2.71 bits per heavy atom. The van der Waals surface area contributed by atoms with Crippen LogP contribution in [0.3, 0.4) is 0 Å². The van der Waals surface area contributed by atoms with Gasteiger partial charge >= 0.3 is 0 Å². The van der Waals surface area contributed by atoms with Gasteiger partial charge in [-0.15, -0.1) is 33.3 Å². The summed E-state index contributed by atoms with van der Waals surface area (Å²) in [5.41, 5.74) is 2.75. The van der Waals surface area contributed by atoms with Gasteiger partial charge in [-0.3, -0.25) is 19.3 Å². The molecule has 0 radical (unpaired) electrons. The number of carbonyl (C=O) groups excluding carboxylic acids is 3. The van der Waals surface area contributed by atoms with E-state index in [4.69, 9.17) is 0 Å². The number of aliphatic hydroxyl groups is 1. The van der Waals surface area contributed by atoms with Gasteiger partial charge in [0.05, 0.1) is 0 Å². The van der Waals surface area contributed by atoms with Crippen LogP contribution in [0, 0.1) is 0 Å². The largest absolute Gasteiger partial charge is 0.378 e. The Balaban J connectivity index is 1.53. The van der Waals surface area contributed by atoms with Gasteiger partial charge in [0, 0.05) is 11.3 Å². The Morgan fingerprint density at radius 1 is 1.32 bits per heavy atom. The zero-order valence-electron chi connectivity index (χ0n) is 14.2. The molecule has 2 amide bonds. The molecule has 0 bridgehead atoms. The van der Waals surface area contributed by atoms with Gasteiger partial charge < -0.3 is 10.4 Å². The first-order chi connectivity index (χ1) is 13.5. The fourth-order valence-corrected chi connectivity index (χ4v) is 5.39. The second kappa shape index (κ2) is 7.66. The van der Waals surface area contributed by atoms with Crippen molar-refractivity contribution >= 4 is 58.2 Å². The van der Waals surface area contributed by atoms with Crippen molar-refractivity contribution in [2.75, 3.05) is 5.75 Å². The summed E-state index contributed by atoms with van der Waals surface area (Å²) >= 11 is 6.59. The van der Waals surface area contributed by atoms with Crippen LogP contribution in [-0.2, 0) is 14.4 Å². The van der Waals surface area contributed by atoms with E-state index in [1.54, 1.807) is 35.8 Å². The number of benzene rings is 1. The first-order valence-electron chi connectivity index (χ1n) is 8.20. The molecule has 4 rings (SSSR count). The minimum atomic E-state index is -1.38. The standard InChI is InChI=1S/C17H14N4O4S3/c22-12(8-4-2-1-3-5-8)13(23)19-10-15(24)21-11(17(25)26)9(6-27-16(10)21)14-20-18-7-28-14/h1-5,7,10,12,16,22H,6H2,(H,19,23)(H,25,26)/t10-,12+,16-/m1/s1. The van der Waals surface area contributed by atoms with Crippen molar-refractivity contribution in [1.82, 2.24) is 20.4 Å². The Kier molecular flexibility index (Phi) is 5.23. The molecule has 0 spiro atoms. The molecular weight excluding hydrogens is 420 g/mol. The van der Waals surface area contributed by atoms with Gasteiger partial charge in [-0.05, 0) is 5.56 Å². The van der Waals surface area contributed by atoms with Crippen molar-refractivity contribution in [3.63, 3.8) is 0 Å². The molecule has 0 aliphatic carbocycles. The first kappa shape index (κ1) is 19.1. The molecule has 3 atom stereocenters. The molecule has 144 valence electrons. The van der Waals surface area contributed by atoms with Crippen LogP contribution in [-0.4, -0.2) is 54.3 Å². The molecule has 2 aliphatic rings. The first-order valence-corrected chi connectivity index (χ1v) is 10.6. The van der Waals surface area contributed by atoms with Crippen molar-refractivity contribution in [1.29, 1.82) is 0 Å². The third kappa shape index (κ3) is 3.24. The number of thiol groups is 1. The Morgan fingerprint density at radius 2 is 2.07 bits per heavy atom. The molecule has 11 heteroatoms. The molecule has 2 N–H and O–H groups in total. The summed E-state index contributed by atoms with van der Waals surface area (Å²) < 4.78 is 0. The number of rotatable bonds is 5. The molecule has 0 saturated carbocycles. The molecule has 28 heavy (non-hydrogen) atoms. The number of hydrogen-bond donors (Lipinski definition) is 3. The zero-order chi connectivity index (χ0) is 19.8. The predicted molar refractivity (Wildman–Crippen MR) is 107 cm³/mol. The quantitative estimate of drug-likeness (QED) is 0.472. The van der Waals surface area contributed by atoms with Gasteiger partial charge in [-0.2, -0.15) is 0 Å². The molecule has 1 aromatic carbocycles. The maximum Gasteiger partial charge on any atom is 0.254 e. The highest BCUT2D eigenvalue weighted by atomic mass is 32.2. The maximum absolute atomic E-state index is 12.7. The van der Waals surface area contributed by atoms with Crippen LogP contribution in [0.5, 0.6) is 0 Å². The molecule has 2 aliphatic heterocycles. The van der Waals surface area contributed by atoms with Gasteiger partial charge in [0.2, 0.25) is 5.12 Å². The van der Waals surface area contributed by atoms with Crippen LogP contribution in [0.2, 0.25) is 0 Å². The second-order valence-electron chi connectivity index (χ2n) is 6.09. The third-order valence-corrected chi connectivity index (χ3v) is 6.69. The van der Waals surface area contributed by atoms with E-state index in [1.807, 2.05) is 0 Å². The van der Waals surface area contributed by atoms with E-state index in [2.05, 4.69) is 28.1 Å². The number of thioether (sulfide) groups is 1. The van der Waals surface area contributed by atoms with Crippen LogP contribution < -0.4 is 5.32 Å². The Labute approximate surface area is 173 Å². The van der Waals surface area contributed by atoms with E-state index in [-0.39, 0.29) is 5.70 Å². The molecular formula is C17H14N4O4S3. The topological polar surface area (TPSA) is 112 Å². The highest BCUT2D eigenvalue weighted by Gasteiger charge is 2.54. The minimum absolute atomic E-state index is 0.169. The summed E-state index contributed by atoms with van der Waals surface area (Å²) in [6.45, 7) is 0. The second-order valence-corrected chi connectivity index (χ2v) is 8.43. The molecule has 3 heterocycles. The van der Waals surface area contributed by atoms with Crippen molar-refractivity contribution in [2.24, 2.45) is 0 Å². The number of hydrogen-bond acceptors (Lipinski definition) is 8. The normalized spacial score (nSPS) is 22.4. The van der Waals surface area contributed by atoms with Crippen LogP contribution in [0.25, 0.3) is 5.57 Å². The van der Waals surface area contributed by atoms with Gasteiger partial charge in [-0.25, -0.2) is 0 Å². The van der Waals surface area contributed by atoms with E-state index < -0.39 is 34.4 Å². The fourth-order valence-electron chi connectivity index (χ4n) is 3.11. The lowest BCUT2D eigenvalue weighted by molar-refractivity contribution is -0.148. The lowest BCUT2D eigenvalue weighted by Crippen LogP contribution is -2.70. The summed E-state index contributed by atoms with van der Waals surface area (Å²) in [5, 5.41) is 20.1. The van der Waals surface area contributed by atoms with Crippen LogP contribution in [0.1, 0.15) is 16.7 Å². The highest BCUT2D eigenvalue weighted by molar-refractivity contribution is 8.00. The number of nitrogens with one attached hydrogen (secondary N) is 1. The maximum atomic E-state index is 12.7. The monoisotopic (exact) mass is 434 g/mol. The number of β-lactam (4-membered cyclic amide) rings is 1. The van der Waals surface area contributed by atoms with Gasteiger partial charge in [0.25, 0.3) is 11.8 Å². The third-order valence-electron chi connectivity index (χ3n) is 4.45.